The Bertz CT molecular complexity index is 518. The number of ether oxygens (including phenoxy) is 5. The van der Waals surface area contributed by atoms with E-state index in [1.165, 1.54) is 0 Å². The number of aliphatic hydroxyl groups excluding tert-OH is 5. The number of esters is 5. The molecular weight excluding hydrogens is 420 g/mol. The topological polar surface area (TPSA) is 233 Å². The lowest BCUT2D eigenvalue weighted by atomic mass is 10.3. The summed E-state index contributed by atoms with van der Waals surface area (Å²) in [6.45, 7) is -5.81. The van der Waals surface area contributed by atoms with E-state index in [2.05, 4.69) is 23.7 Å². The number of cyclic esters (lactones) is 5. The molecule has 15 heteroatoms. The van der Waals surface area contributed by atoms with Crippen LogP contribution in [-0.4, -0.2) is 119 Å². The molecule has 5 unspecified atom stereocenters. The van der Waals surface area contributed by atoms with Gasteiger partial charge in [-0.05, 0) is 0 Å². The molecule has 1 saturated heterocycles. The van der Waals surface area contributed by atoms with Gasteiger partial charge in [-0.2, -0.15) is 0 Å². The van der Waals surface area contributed by atoms with Crippen molar-refractivity contribution in [1.29, 1.82) is 0 Å². The maximum atomic E-state index is 12.0. The number of carbonyl (C=O) groups excluding carboxylic acids is 5. The Kier molecular flexibility index (Phi) is 10.1. The average Bonchev–Trinajstić information content (AvgIpc) is 2.74. The van der Waals surface area contributed by atoms with E-state index in [0.717, 1.165) is 0 Å². The number of rotatable bonds is 5. The summed E-state index contributed by atoms with van der Waals surface area (Å²) in [6, 6.07) is 0. The van der Waals surface area contributed by atoms with E-state index in [-0.39, 0.29) is 0 Å². The first-order valence-electron chi connectivity index (χ1n) is 8.29. The molecule has 30 heavy (non-hydrogen) atoms. The van der Waals surface area contributed by atoms with Gasteiger partial charge in [0, 0.05) is 0 Å². The summed E-state index contributed by atoms with van der Waals surface area (Å²) in [6.07, 6.45) is -10.3. The first-order chi connectivity index (χ1) is 14.2. The summed E-state index contributed by atoms with van der Waals surface area (Å²) in [7, 11) is 0. The van der Waals surface area contributed by atoms with Gasteiger partial charge in [0.25, 0.3) is 0 Å². The molecule has 0 bridgehead atoms. The van der Waals surface area contributed by atoms with E-state index in [4.69, 9.17) is 0 Å². The monoisotopic (exact) mass is 440 g/mol. The summed E-state index contributed by atoms with van der Waals surface area (Å²) < 4.78 is 22.8. The Labute approximate surface area is 167 Å². The molecular formula is C15H20O15. The molecule has 0 aliphatic carbocycles. The summed E-state index contributed by atoms with van der Waals surface area (Å²) in [4.78, 5) is 60.0. The van der Waals surface area contributed by atoms with Crippen molar-refractivity contribution in [1.82, 2.24) is 0 Å². The quantitative estimate of drug-likeness (QED) is 0.198. The van der Waals surface area contributed by atoms with Crippen LogP contribution in [-0.2, 0) is 47.7 Å². The fourth-order valence-electron chi connectivity index (χ4n) is 1.88. The van der Waals surface area contributed by atoms with Gasteiger partial charge in [0.05, 0.1) is 33.0 Å². The van der Waals surface area contributed by atoms with Gasteiger partial charge in [0.15, 0.2) is 0 Å². The molecule has 0 amide bonds. The Balaban J connectivity index is 3.27. The molecule has 0 radical (unpaired) electrons. The third kappa shape index (κ3) is 6.60. The van der Waals surface area contributed by atoms with Crippen LogP contribution in [0.25, 0.3) is 0 Å². The van der Waals surface area contributed by atoms with Crippen LogP contribution in [0.4, 0.5) is 0 Å². The molecule has 5 atom stereocenters. The Morgan fingerprint density at radius 2 is 0.533 bits per heavy atom. The van der Waals surface area contributed by atoms with Crippen molar-refractivity contribution in [2.24, 2.45) is 0 Å². The highest BCUT2D eigenvalue weighted by molar-refractivity contribution is 5.88. The van der Waals surface area contributed by atoms with Gasteiger partial charge in [-0.1, -0.05) is 0 Å². The summed E-state index contributed by atoms with van der Waals surface area (Å²) in [5.41, 5.74) is 0. The van der Waals surface area contributed by atoms with E-state index in [0.29, 0.717) is 0 Å². The average molecular weight is 440 g/mol. The predicted octanol–water partition coefficient (Wildman–Crippen LogP) is -5.48. The molecule has 5 N–H and O–H groups in total. The molecule has 0 saturated carbocycles. The Morgan fingerprint density at radius 3 is 0.633 bits per heavy atom. The minimum absolute atomic E-state index is 1.16. The SMILES string of the molecule is O=C1OC(CO)C(=O)OC(CO)C(=O)OC(CO)C(=O)OC(CO)C(=O)OC1CO. The Hall–Kier alpha value is -2.85. The minimum atomic E-state index is -2.06. The van der Waals surface area contributed by atoms with Gasteiger partial charge in [-0.3, -0.25) is 0 Å². The van der Waals surface area contributed by atoms with E-state index in [1.54, 1.807) is 0 Å². The number of aliphatic hydroxyl groups is 5. The Morgan fingerprint density at radius 1 is 0.400 bits per heavy atom. The lowest BCUT2D eigenvalue weighted by molar-refractivity contribution is -0.190. The molecule has 1 aliphatic heterocycles. The van der Waals surface area contributed by atoms with Crippen LogP contribution >= 0.6 is 0 Å². The van der Waals surface area contributed by atoms with Crippen molar-refractivity contribution in [3.8, 4) is 0 Å². The van der Waals surface area contributed by atoms with Crippen LogP contribution < -0.4 is 0 Å². The van der Waals surface area contributed by atoms with E-state index < -0.39 is 93.4 Å². The largest absolute Gasteiger partial charge is 0.445 e. The fraction of sp³-hybridized carbons (Fsp3) is 0.667. The van der Waals surface area contributed by atoms with Crippen molar-refractivity contribution in [2.45, 2.75) is 30.5 Å². The van der Waals surface area contributed by atoms with Gasteiger partial charge in [-0.15, -0.1) is 0 Å². The van der Waals surface area contributed by atoms with Crippen molar-refractivity contribution < 1.29 is 73.2 Å². The van der Waals surface area contributed by atoms with Crippen molar-refractivity contribution in [3.63, 3.8) is 0 Å². The zero-order valence-corrected chi connectivity index (χ0v) is 15.2. The second-order valence-electron chi connectivity index (χ2n) is 5.54. The molecule has 15 nitrogen and oxygen atoms in total. The highest BCUT2D eigenvalue weighted by atomic mass is 16.7. The van der Waals surface area contributed by atoms with Crippen molar-refractivity contribution >= 4 is 29.8 Å². The predicted molar refractivity (Wildman–Crippen MR) is 84.8 cm³/mol. The van der Waals surface area contributed by atoms with E-state index in [9.17, 15) is 49.5 Å². The molecule has 1 rings (SSSR count). The molecule has 1 heterocycles. The second kappa shape index (κ2) is 12.0. The van der Waals surface area contributed by atoms with Crippen LogP contribution in [0.3, 0.4) is 0 Å². The lowest BCUT2D eigenvalue weighted by Crippen LogP contribution is -2.43. The van der Waals surface area contributed by atoms with Gasteiger partial charge in [0.2, 0.25) is 30.5 Å². The highest BCUT2D eigenvalue weighted by Crippen LogP contribution is 2.10. The van der Waals surface area contributed by atoms with Gasteiger partial charge >= 0.3 is 29.8 Å². The zero-order valence-electron chi connectivity index (χ0n) is 15.2. The van der Waals surface area contributed by atoms with Crippen LogP contribution in [0.5, 0.6) is 0 Å². The molecule has 0 spiro atoms. The van der Waals surface area contributed by atoms with Gasteiger partial charge in [0.1, 0.15) is 0 Å². The normalized spacial score (nSPS) is 29.5. The van der Waals surface area contributed by atoms with Crippen LogP contribution in [0.1, 0.15) is 0 Å². The van der Waals surface area contributed by atoms with Gasteiger partial charge < -0.3 is 49.2 Å². The third-order valence-corrected chi connectivity index (χ3v) is 3.44. The summed E-state index contributed by atoms with van der Waals surface area (Å²) in [5.74, 6) is -7.66. The van der Waals surface area contributed by atoms with E-state index in [1.807, 2.05) is 0 Å². The standard InChI is InChI=1S/C15H20O15/c16-1-6-11(21)27-8(3-18)13(23)29-10(5-20)15(25)30-9(4-19)14(24)28-7(2-17)12(22)26-6/h6-10,16-20H,1-5H2. The summed E-state index contributed by atoms with van der Waals surface area (Å²) in [5, 5.41) is 46.0. The lowest BCUT2D eigenvalue weighted by Gasteiger charge is -2.21. The number of hydrogen-bond acceptors (Lipinski definition) is 15. The molecule has 170 valence electrons. The van der Waals surface area contributed by atoms with Crippen LogP contribution in [0.15, 0.2) is 0 Å². The van der Waals surface area contributed by atoms with Crippen LogP contribution in [0, 0.1) is 0 Å². The molecule has 0 aromatic rings. The first kappa shape index (κ1) is 25.2. The number of hydrogen-bond donors (Lipinski definition) is 5. The van der Waals surface area contributed by atoms with Crippen molar-refractivity contribution in [3.05, 3.63) is 0 Å². The maximum Gasteiger partial charge on any atom is 0.350 e. The summed E-state index contributed by atoms with van der Waals surface area (Å²) >= 11 is 0. The first-order valence-corrected chi connectivity index (χ1v) is 8.29. The molecule has 1 aliphatic rings. The highest BCUT2D eigenvalue weighted by Gasteiger charge is 2.38. The zero-order chi connectivity index (χ0) is 22.8. The number of carbonyl (C=O) groups is 5. The molecule has 1 fully saturated rings. The second-order valence-corrected chi connectivity index (χ2v) is 5.54. The smallest absolute Gasteiger partial charge is 0.350 e. The molecule has 0 aromatic carbocycles. The van der Waals surface area contributed by atoms with Gasteiger partial charge in [-0.25, -0.2) is 24.0 Å². The van der Waals surface area contributed by atoms with E-state index >= 15 is 0 Å². The maximum absolute atomic E-state index is 12.0. The van der Waals surface area contributed by atoms with Crippen molar-refractivity contribution in [2.75, 3.05) is 33.0 Å². The van der Waals surface area contributed by atoms with Crippen LogP contribution in [0.2, 0.25) is 0 Å². The minimum Gasteiger partial charge on any atom is -0.445 e. The molecule has 0 aromatic heterocycles. The third-order valence-electron chi connectivity index (χ3n) is 3.44. The fourth-order valence-corrected chi connectivity index (χ4v) is 1.88.